The van der Waals surface area contributed by atoms with Gasteiger partial charge in [-0.2, -0.15) is 4.98 Å². The van der Waals surface area contributed by atoms with Gasteiger partial charge in [-0.05, 0) is 38.3 Å². The molecule has 0 unspecified atom stereocenters. The molecule has 0 spiro atoms. The van der Waals surface area contributed by atoms with Crippen molar-refractivity contribution in [3.05, 3.63) is 11.7 Å². The van der Waals surface area contributed by atoms with E-state index in [-0.39, 0.29) is 0 Å². The first-order valence-electron chi connectivity index (χ1n) is 7.47. The normalized spacial score (nSPS) is 16.6. The minimum absolute atomic E-state index is 0.608. The van der Waals surface area contributed by atoms with Crippen LogP contribution in [-0.4, -0.2) is 50.2 Å². The van der Waals surface area contributed by atoms with Crippen LogP contribution < -0.4 is 5.32 Å². The molecule has 1 aliphatic rings. The van der Waals surface area contributed by atoms with Crippen molar-refractivity contribution in [2.45, 2.75) is 32.1 Å². The molecule has 1 saturated heterocycles. The fourth-order valence-electron chi connectivity index (χ4n) is 2.40. The number of ether oxygens (including phenoxy) is 2. The summed E-state index contributed by atoms with van der Waals surface area (Å²) in [5, 5.41) is 7.37. The zero-order valence-electron chi connectivity index (χ0n) is 12.3. The average molecular weight is 283 g/mol. The highest BCUT2D eigenvalue weighted by atomic mass is 16.5. The summed E-state index contributed by atoms with van der Waals surface area (Å²) in [5.41, 5.74) is 0. The van der Waals surface area contributed by atoms with Crippen molar-refractivity contribution in [1.29, 1.82) is 0 Å². The van der Waals surface area contributed by atoms with Crippen molar-refractivity contribution in [2.75, 3.05) is 40.0 Å². The van der Waals surface area contributed by atoms with E-state index in [1.807, 2.05) is 0 Å². The second kappa shape index (κ2) is 9.05. The highest BCUT2D eigenvalue weighted by Crippen LogP contribution is 2.18. The molecule has 6 heteroatoms. The van der Waals surface area contributed by atoms with Crippen molar-refractivity contribution < 1.29 is 14.0 Å². The number of aryl methyl sites for hydroxylation is 1. The molecule has 2 rings (SSSR count). The number of hydrogen-bond donors (Lipinski definition) is 1. The van der Waals surface area contributed by atoms with Gasteiger partial charge in [-0.15, -0.1) is 0 Å². The van der Waals surface area contributed by atoms with E-state index >= 15 is 0 Å². The van der Waals surface area contributed by atoms with E-state index < -0.39 is 0 Å². The van der Waals surface area contributed by atoms with Gasteiger partial charge >= 0.3 is 0 Å². The van der Waals surface area contributed by atoms with Crippen LogP contribution in [0.3, 0.4) is 0 Å². The standard InChI is InChI=1S/C14H25N3O3/c1-18-10-11-19-9-6-13-16-14(20-17-13)3-2-12-4-7-15-8-5-12/h12,15H,2-11H2,1H3. The number of piperidine rings is 1. The molecule has 1 aromatic rings. The lowest BCUT2D eigenvalue weighted by Gasteiger charge is -2.21. The van der Waals surface area contributed by atoms with Gasteiger partial charge in [-0.3, -0.25) is 0 Å². The monoisotopic (exact) mass is 283 g/mol. The van der Waals surface area contributed by atoms with Crippen LogP contribution in [0, 0.1) is 5.92 Å². The van der Waals surface area contributed by atoms with Crippen molar-refractivity contribution >= 4 is 0 Å². The minimum Gasteiger partial charge on any atom is -0.382 e. The van der Waals surface area contributed by atoms with Crippen LogP contribution in [0.2, 0.25) is 0 Å². The Morgan fingerprint density at radius 1 is 1.20 bits per heavy atom. The molecule has 6 nitrogen and oxygen atoms in total. The SMILES string of the molecule is COCCOCCc1noc(CCC2CCNCC2)n1. The van der Waals surface area contributed by atoms with Crippen molar-refractivity contribution in [3.8, 4) is 0 Å². The smallest absolute Gasteiger partial charge is 0.226 e. The Morgan fingerprint density at radius 2 is 2.05 bits per heavy atom. The molecular weight excluding hydrogens is 258 g/mol. The van der Waals surface area contributed by atoms with E-state index in [0.29, 0.717) is 26.2 Å². The van der Waals surface area contributed by atoms with Gasteiger partial charge in [-0.25, -0.2) is 0 Å². The number of hydrogen-bond acceptors (Lipinski definition) is 6. The van der Waals surface area contributed by atoms with Crippen LogP contribution in [0.25, 0.3) is 0 Å². The molecule has 0 atom stereocenters. The summed E-state index contributed by atoms with van der Waals surface area (Å²) in [6, 6.07) is 0. The van der Waals surface area contributed by atoms with E-state index in [1.165, 1.54) is 12.8 Å². The molecule has 1 N–H and O–H groups in total. The lowest BCUT2D eigenvalue weighted by atomic mass is 9.93. The Morgan fingerprint density at radius 3 is 2.85 bits per heavy atom. The third-order valence-corrected chi connectivity index (χ3v) is 3.64. The molecule has 0 saturated carbocycles. The first-order chi connectivity index (χ1) is 9.88. The first-order valence-corrected chi connectivity index (χ1v) is 7.47. The van der Waals surface area contributed by atoms with Gasteiger partial charge < -0.3 is 19.3 Å². The first kappa shape index (κ1) is 15.4. The summed E-state index contributed by atoms with van der Waals surface area (Å²) in [6.45, 7) is 4.11. The Labute approximate surface area is 120 Å². The van der Waals surface area contributed by atoms with Crippen LogP contribution >= 0.6 is 0 Å². The number of methoxy groups -OCH3 is 1. The number of aromatic nitrogens is 2. The Balaban J connectivity index is 1.61. The molecule has 114 valence electrons. The number of nitrogens with one attached hydrogen (secondary N) is 1. The summed E-state index contributed by atoms with van der Waals surface area (Å²) >= 11 is 0. The maximum Gasteiger partial charge on any atom is 0.226 e. The van der Waals surface area contributed by atoms with Gasteiger partial charge in [0.25, 0.3) is 0 Å². The van der Waals surface area contributed by atoms with Crippen molar-refractivity contribution in [2.24, 2.45) is 5.92 Å². The predicted octanol–water partition coefficient (Wildman–Crippen LogP) is 1.21. The molecule has 0 amide bonds. The second-order valence-electron chi connectivity index (χ2n) is 5.19. The Bertz CT molecular complexity index is 364. The van der Waals surface area contributed by atoms with Gasteiger partial charge in [0.05, 0.1) is 19.8 Å². The van der Waals surface area contributed by atoms with Gasteiger partial charge in [0, 0.05) is 20.0 Å². The zero-order valence-corrected chi connectivity index (χ0v) is 12.3. The summed E-state index contributed by atoms with van der Waals surface area (Å²) in [5.74, 6) is 2.29. The molecule has 0 bridgehead atoms. The lowest BCUT2D eigenvalue weighted by Crippen LogP contribution is -2.27. The van der Waals surface area contributed by atoms with E-state index in [0.717, 1.165) is 43.6 Å². The Kier molecular flexibility index (Phi) is 6.97. The largest absolute Gasteiger partial charge is 0.382 e. The van der Waals surface area contributed by atoms with Crippen LogP contribution in [0.1, 0.15) is 31.0 Å². The molecule has 1 aromatic heterocycles. The maximum absolute atomic E-state index is 5.39. The van der Waals surface area contributed by atoms with Crippen LogP contribution in [-0.2, 0) is 22.3 Å². The third-order valence-electron chi connectivity index (χ3n) is 3.64. The quantitative estimate of drug-likeness (QED) is 0.687. The van der Waals surface area contributed by atoms with Crippen LogP contribution in [0.15, 0.2) is 4.52 Å². The van der Waals surface area contributed by atoms with E-state index in [2.05, 4.69) is 15.5 Å². The highest BCUT2D eigenvalue weighted by molar-refractivity contribution is 4.87. The Hall–Kier alpha value is -0.980. The average Bonchev–Trinajstić information content (AvgIpc) is 2.94. The van der Waals surface area contributed by atoms with Gasteiger partial charge in [0.2, 0.25) is 5.89 Å². The maximum atomic E-state index is 5.39. The van der Waals surface area contributed by atoms with E-state index in [4.69, 9.17) is 14.0 Å². The molecule has 1 fully saturated rings. The van der Waals surface area contributed by atoms with Crippen LogP contribution in [0.5, 0.6) is 0 Å². The molecule has 0 aliphatic carbocycles. The number of rotatable bonds is 9. The molecule has 1 aliphatic heterocycles. The number of nitrogens with zero attached hydrogens (tertiary/aromatic N) is 2. The fraction of sp³-hybridized carbons (Fsp3) is 0.857. The topological polar surface area (TPSA) is 69.4 Å². The molecular formula is C14H25N3O3. The summed E-state index contributed by atoms with van der Waals surface area (Å²) in [6.07, 6.45) is 5.25. The summed E-state index contributed by atoms with van der Waals surface area (Å²) in [4.78, 5) is 4.41. The molecule has 20 heavy (non-hydrogen) atoms. The molecule has 2 heterocycles. The second-order valence-corrected chi connectivity index (χ2v) is 5.19. The lowest BCUT2D eigenvalue weighted by molar-refractivity contribution is 0.0714. The van der Waals surface area contributed by atoms with Gasteiger partial charge in [-0.1, -0.05) is 5.16 Å². The summed E-state index contributed by atoms with van der Waals surface area (Å²) < 4.78 is 15.6. The van der Waals surface area contributed by atoms with Crippen LogP contribution in [0.4, 0.5) is 0 Å². The predicted molar refractivity (Wildman–Crippen MR) is 74.6 cm³/mol. The third kappa shape index (κ3) is 5.56. The minimum atomic E-state index is 0.608. The molecule has 0 aromatic carbocycles. The highest BCUT2D eigenvalue weighted by Gasteiger charge is 2.14. The van der Waals surface area contributed by atoms with E-state index in [1.54, 1.807) is 7.11 Å². The fourth-order valence-corrected chi connectivity index (χ4v) is 2.40. The van der Waals surface area contributed by atoms with Crippen molar-refractivity contribution in [1.82, 2.24) is 15.5 Å². The van der Waals surface area contributed by atoms with Crippen molar-refractivity contribution in [3.63, 3.8) is 0 Å². The van der Waals surface area contributed by atoms with Gasteiger partial charge in [0.15, 0.2) is 5.82 Å². The zero-order chi connectivity index (χ0) is 14.0. The summed E-state index contributed by atoms with van der Waals surface area (Å²) in [7, 11) is 1.66. The van der Waals surface area contributed by atoms with E-state index in [9.17, 15) is 0 Å². The molecule has 0 radical (unpaired) electrons. The van der Waals surface area contributed by atoms with Gasteiger partial charge in [0.1, 0.15) is 0 Å².